The Morgan fingerprint density at radius 1 is 1.50 bits per heavy atom. The molecule has 0 fully saturated rings. The Labute approximate surface area is 50.1 Å². The van der Waals surface area contributed by atoms with Gasteiger partial charge in [0.15, 0.2) is 0 Å². The van der Waals surface area contributed by atoms with Crippen molar-refractivity contribution in [3.63, 3.8) is 0 Å². The van der Waals surface area contributed by atoms with Crippen molar-refractivity contribution in [3.8, 4) is 0 Å². The summed E-state index contributed by atoms with van der Waals surface area (Å²) < 4.78 is 0. The lowest BCUT2D eigenvalue weighted by Crippen LogP contribution is -1.99. The number of hydrogen-bond donors (Lipinski definition) is 1. The number of carbonyl (C=O) groups is 1. The summed E-state index contributed by atoms with van der Waals surface area (Å²) in [6.07, 6.45) is 2.40. The second-order valence-corrected chi connectivity index (χ2v) is 1.78. The second-order valence-electron chi connectivity index (χ2n) is 1.78. The molecule has 0 saturated heterocycles. The highest BCUT2D eigenvalue weighted by Gasteiger charge is 1.90. The predicted molar refractivity (Wildman–Crippen MR) is 33.3 cm³/mol. The molecule has 0 aromatic carbocycles. The summed E-state index contributed by atoms with van der Waals surface area (Å²) in [7, 11) is 0. The van der Waals surface area contributed by atoms with Crippen LogP contribution in [0.1, 0.15) is 19.3 Å². The Morgan fingerprint density at radius 3 is 2.50 bits per heavy atom. The fourth-order valence-corrected chi connectivity index (χ4v) is 0.467. The Balaban J connectivity index is 2.82. The molecule has 0 aliphatic carbocycles. The normalized spacial score (nSPS) is 9.25. The van der Waals surface area contributed by atoms with E-state index in [2.05, 4.69) is 6.92 Å². The molecule has 0 heterocycles. The van der Waals surface area contributed by atoms with Gasteiger partial charge in [0, 0.05) is 13.3 Å². The molecule has 8 heavy (non-hydrogen) atoms. The van der Waals surface area contributed by atoms with Crippen LogP contribution in [-0.2, 0) is 4.79 Å². The van der Waals surface area contributed by atoms with Gasteiger partial charge >= 0.3 is 0 Å². The molecule has 2 heteroatoms. The Bertz CT molecular complexity index is 70.9. The molecule has 0 aliphatic rings. The summed E-state index contributed by atoms with van der Waals surface area (Å²) in [6.45, 7) is 3.90. The van der Waals surface area contributed by atoms with Crippen molar-refractivity contribution in [2.75, 3.05) is 6.54 Å². The van der Waals surface area contributed by atoms with Crippen LogP contribution in [0.25, 0.3) is 0 Å². The third-order valence-electron chi connectivity index (χ3n) is 0.910. The van der Waals surface area contributed by atoms with Crippen LogP contribution >= 0.6 is 0 Å². The molecule has 0 atom stereocenters. The molecule has 2 nitrogen and oxygen atoms in total. The zero-order valence-corrected chi connectivity index (χ0v) is 5.02. The molecule has 0 aliphatic heterocycles. The molecule has 2 N–H and O–H groups in total. The van der Waals surface area contributed by atoms with Crippen molar-refractivity contribution in [3.05, 3.63) is 6.92 Å². The molecule has 0 aromatic rings. The topological polar surface area (TPSA) is 43.1 Å². The minimum atomic E-state index is 0.0125. The van der Waals surface area contributed by atoms with E-state index in [4.69, 9.17) is 5.73 Å². The Kier molecular flexibility index (Phi) is 4.56. The van der Waals surface area contributed by atoms with E-state index >= 15 is 0 Å². The van der Waals surface area contributed by atoms with Crippen LogP contribution in [0.15, 0.2) is 0 Å². The van der Waals surface area contributed by atoms with Crippen molar-refractivity contribution in [1.29, 1.82) is 0 Å². The van der Waals surface area contributed by atoms with Crippen LogP contribution in [0, 0.1) is 6.92 Å². The third kappa shape index (κ3) is 5.63. The van der Waals surface area contributed by atoms with Crippen LogP contribution in [-0.4, -0.2) is 12.3 Å². The highest BCUT2D eigenvalue weighted by molar-refractivity contribution is 5.82. The average molecular weight is 114 g/mol. The average Bonchev–Trinajstić information content (AvgIpc) is 1.66. The fraction of sp³-hybridized carbons (Fsp3) is 0.667. The summed E-state index contributed by atoms with van der Waals surface area (Å²) in [6, 6.07) is 0. The minimum absolute atomic E-state index is 0.0125. The first kappa shape index (κ1) is 7.63. The van der Waals surface area contributed by atoms with Gasteiger partial charge in [-0.1, -0.05) is 0 Å². The number of hydrogen-bond acceptors (Lipinski definition) is 2. The molecule has 0 bridgehead atoms. The van der Waals surface area contributed by atoms with Gasteiger partial charge in [-0.15, -0.1) is 0 Å². The number of carbonyl (C=O) groups excluding carboxylic acids is 1. The van der Waals surface area contributed by atoms with Crippen molar-refractivity contribution in [2.24, 2.45) is 5.73 Å². The minimum Gasteiger partial charge on any atom is -0.330 e. The van der Waals surface area contributed by atoms with Crippen LogP contribution in [0.2, 0.25) is 0 Å². The van der Waals surface area contributed by atoms with E-state index in [9.17, 15) is 4.79 Å². The maximum atomic E-state index is 10.2. The van der Waals surface area contributed by atoms with Gasteiger partial charge in [0.05, 0.1) is 0 Å². The van der Waals surface area contributed by atoms with Crippen molar-refractivity contribution >= 4 is 5.78 Å². The highest BCUT2D eigenvalue weighted by atomic mass is 16.1. The molecular formula is C6H12NO. The van der Waals surface area contributed by atoms with E-state index in [1.807, 2.05) is 0 Å². The molecule has 0 unspecified atom stereocenters. The zero-order chi connectivity index (χ0) is 6.41. The Morgan fingerprint density at radius 2 is 2.12 bits per heavy atom. The molecule has 47 valence electrons. The van der Waals surface area contributed by atoms with E-state index in [1.54, 1.807) is 0 Å². The predicted octanol–water partition coefficient (Wildman–Crippen LogP) is 0.519. The number of Topliss-reactive ketones (excluding diaryl/α,β-unsaturated/α-hetero) is 1. The molecule has 0 rings (SSSR count). The SMILES string of the molecule is [CH2]C(=O)CCCCN. The van der Waals surface area contributed by atoms with Crippen molar-refractivity contribution in [1.82, 2.24) is 0 Å². The summed E-state index contributed by atoms with van der Waals surface area (Å²) in [5.74, 6) is 0.0125. The monoisotopic (exact) mass is 114 g/mol. The molecule has 0 saturated carbocycles. The molecular weight excluding hydrogens is 102 g/mol. The summed E-state index contributed by atoms with van der Waals surface area (Å²) in [5.41, 5.74) is 5.18. The maximum Gasteiger partial charge on any atom is 0.133 e. The summed E-state index contributed by atoms with van der Waals surface area (Å²) in [5, 5.41) is 0. The van der Waals surface area contributed by atoms with Gasteiger partial charge in [0.25, 0.3) is 0 Å². The fourth-order valence-electron chi connectivity index (χ4n) is 0.467. The van der Waals surface area contributed by atoms with Gasteiger partial charge in [-0.2, -0.15) is 0 Å². The highest BCUT2D eigenvalue weighted by Crippen LogP contribution is 1.92. The van der Waals surface area contributed by atoms with E-state index in [0.717, 1.165) is 12.8 Å². The number of nitrogens with two attached hydrogens (primary N) is 1. The van der Waals surface area contributed by atoms with Gasteiger partial charge in [-0.3, -0.25) is 4.79 Å². The van der Waals surface area contributed by atoms with Gasteiger partial charge in [-0.25, -0.2) is 0 Å². The van der Waals surface area contributed by atoms with E-state index in [1.165, 1.54) is 0 Å². The van der Waals surface area contributed by atoms with Gasteiger partial charge in [0.1, 0.15) is 5.78 Å². The number of ketones is 1. The first-order valence-electron chi connectivity index (χ1n) is 2.82. The van der Waals surface area contributed by atoms with Gasteiger partial charge < -0.3 is 5.73 Å². The maximum absolute atomic E-state index is 10.2. The number of rotatable bonds is 4. The molecule has 0 amide bonds. The third-order valence-corrected chi connectivity index (χ3v) is 0.910. The van der Waals surface area contributed by atoms with Gasteiger partial charge in [-0.05, 0) is 19.4 Å². The van der Waals surface area contributed by atoms with Crippen molar-refractivity contribution < 1.29 is 4.79 Å². The number of unbranched alkanes of at least 4 members (excludes halogenated alkanes) is 1. The Hall–Kier alpha value is -0.370. The van der Waals surface area contributed by atoms with Crippen LogP contribution in [0.5, 0.6) is 0 Å². The quantitative estimate of drug-likeness (QED) is 0.541. The zero-order valence-electron chi connectivity index (χ0n) is 5.02. The lowest BCUT2D eigenvalue weighted by molar-refractivity contribution is -0.114. The van der Waals surface area contributed by atoms with Crippen LogP contribution in [0.3, 0.4) is 0 Å². The lowest BCUT2D eigenvalue weighted by atomic mass is 10.2. The van der Waals surface area contributed by atoms with Crippen LogP contribution < -0.4 is 5.73 Å². The van der Waals surface area contributed by atoms with Crippen LogP contribution in [0.4, 0.5) is 0 Å². The largest absolute Gasteiger partial charge is 0.330 e. The molecule has 0 spiro atoms. The first-order valence-corrected chi connectivity index (χ1v) is 2.82. The lowest BCUT2D eigenvalue weighted by Gasteiger charge is -1.90. The second kappa shape index (κ2) is 4.78. The van der Waals surface area contributed by atoms with E-state index < -0.39 is 0 Å². The summed E-state index contributed by atoms with van der Waals surface area (Å²) in [4.78, 5) is 10.2. The molecule has 0 aromatic heterocycles. The van der Waals surface area contributed by atoms with Crippen molar-refractivity contribution in [2.45, 2.75) is 19.3 Å². The smallest absolute Gasteiger partial charge is 0.133 e. The first-order chi connectivity index (χ1) is 3.77. The van der Waals surface area contributed by atoms with Gasteiger partial charge in [0.2, 0.25) is 0 Å². The summed E-state index contributed by atoms with van der Waals surface area (Å²) >= 11 is 0. The van der Waals surface area contributed by atoms with E-state index in [0.29, 0.717) is 13.0 Å². The standard InChI is InChI=1S/C6H12NO/c1-6(8)4-2-3-5-7/h1-5,7H2. The van der Waals surface area contributed by atoms with E-state index in [-0.39, 0.29) is 5.78 Å². The molecule has 1 radical (unpaired) electrons.